The molecular weight excluding hydrogens is 711 g/mol. The Morgan fingerprint density at radius 1 is 1.15 bits per heavy atom. The van der Waals surface area contributed by atoms with E-state index in [0.717, 1.165) is 32.5 Å². The first-order valence-corrected chi connectivity index (χ1v) is 21.0. The van der Waals surface area contributed by atoms with Crippen molar-refractivity contribution in [2.24, 2.45) is 5.92 Å². The third-order valence-corrected chi connectivity index (χ3v) is 3.87. The Labute approximate surface area is 201 Å². The van der Waals surface area contributed by atoms with Crippen LogP contribution in [0.1, 0.15) is 20.3 Å². The number of piperidine rings is 1. The minimum absolute atomic E-state index is 0. The molecule has 1 saturated heterocycles. The molecular formula is C16H35BI3N2O3V-. The molecule has 2 aliphatic rings. The quantitative estimate of drug-likeness (QED) is 0.176. The van der Waals surface area contributed by atoms with Crippen molar-refractivity contribution < 1.29 is 20.2 Å². The Hall–Kier alpha value is 2.38. The van der Waals surface area contributed by atoms with Crippen molar-refractivity contribution in [3.05, 3.63) is 19.1 Å². The Morgan fingerprint density at radius 2 is 1.69 bits per heavy atom. The van der Waals surface area contributed by atoms with Gasteiger partial charge in [0.25, 0.3) is 0 Å². The predicted molar refractivity (Wildman–Crippen MR) is 137 cm³/mol. The number of hydrogen-bond acceptors (Lipinski definition) is 5. The summed E-state index contributed by atoms with van der Waals surface area (Å²) in [7, 11) is 4.07. The fraction of sp³-hybridized carbons (Fsp3) is 0.812. The van der Waals surface area contributed by atoms with Gasteiger partial charge in [0.2, 0.25) is 0 Å². The number of likely N-dealkylation sites (N-methyl/N-ethyl adjacent to an activating group) is 2. The van der Waals surface area contributed by atoms with E-state index in [2.05, 4.69) is 82.9 Å². The van der Waals surface area contributed by atoms with Crippen LogP contribution in [0.15, 0.2) is 11.6 Å². The molecule has 2 heterocycles. The van der Waals surface area contributed by atoms with Crippen molar-refractivity contribution in [3.63, 3.8) is 0 Å². The standard InChI is InChI=1S/C7H15NO2.C7H13NO.CH4.CH3.B.3HI.V/c1-8-3-2-6(5-9)7(10)4-8;1-8-4-2-7(6-9)3-5-8;;;;;;;/h6-7,9-10H,2-5H2,1H3;2,9H,3-6H2,1H3;1H4;1H3;;3*1H;/q;;;-1;;;;;+3/p-3/t6-,7-;;;;;;;;/m1......../s1. The van der Waals surface area contributed by atoms with E-state index in [9.17, 15) is 5.11 Å². The fourth-order valence-electron chi connectivity index (χ4n) is 2.31. The van der Waals surface area contributed by atoms with Gasteiger partial charge < -0.3 is 32.5 Å². The molecule has 0 unspecified atom stereocenters. The Morgan fingerprint density at radius 3 is 2.04 bits per heavy atom. The van der Waals surface area contributed by atoms with Crippen LogP contribution >= 0.6 is 59.9 Å². The van der Waals surface area contributed by atoms with Crippen molar-refractivity contribution >= 4 is 68.3 Å². The molecule has 0 aliphatic carbocycles. The van der Waals surface area contributed by atoms with Gasteiger partial charge in [-0.2, -0.15) is 0 Å². The van der Waals surface area contributed by atoms with Crippen LogP contribution in [0.25, 0.3) is 0 Å². The van der Waals surface area contributed by atoms with Crippen molar-refractivity contribution in [1.29, 1.82) is 0 Å². The molecule has 3 N–H and O–H groups in total. The summed E-state index contributed by atoms with van der Waals surface area (Å²) in [5.41, 5.74) is 1.19. The second-order valence-electron chi connectivity index (χ2n) is 5.79. The molecule has 0 bridgehead atoms. The summed E-state index contributed by atoms with van der Waals surface area (Å²) < 4.78 is 0. The van der Waals surface area contributed by atoms with E-state index < -0.39 is 0 Å². The molecule has 3 radical (unpaired) electrons. The number of hydrogen-bond donors (Lipinski definition) is 3. The van der Waals surface area contributed by atoms with E-state index >= 15 is 0 Å². The average Bonchev–Trinajstić information content (AvgIpc) is 2.48. The second kappa shape index (κ2) is 22.1. The molecule has 0 spiro atoms. The number of β-amino-alcohol motifs (C(OH)–C–C–N with tert-alkyl or cyclic N) is 1. The maximum absolute atomic E-state index is 9.34. The summed E-state index contributed by atoms with van der Waals surface area (Å²) in [6.07, 6.45) is 3.72. The fourth-order valence-corrected chi connectivity index (χ4v) is 2.31. The van der Waals surface area contributed by atoms with Crippen LogP contribution in [-0.2, 0) is 4.92 Å². The molecule has 2 rings (SSSR count). The van der Waals surface area contributed by atoms with Gasteiger partial charge in [-0.15, -0.1) is 0 Å². The van der Waals surface area contributed by atoms with Gasteiger partial charge in [-0.1, -0.05) is 13.5 Å². The number of halogens is 3. The number of aliphatic hydroxyl groups excluding tert-OH is 3. The minimum atomic E-state index is -0.330. The van der Waals surface area contributed by atoms with Crippen molar-refractivity contribution in [2.75, 3.05) is 53.5 Å². The molecule has 2 aliphatic heterocycles. The van der Waals surface area contributed by atoms with Crippen LogP contribution in [0.4, 0.5) is 0 Å². The summed E-state index contributed by atoms with van der Waals surface area (Å²) >= 11 is 7.39. The van der Waals surface area contributed by atoms with Gasteiger partial charge in [-0.05, 0) is 39.1 Å². The zero-order valence-corrected chi connectivity index (χ0v) is 23.2. The van der Waals surface area contributed by atoms with Gasteiger partial charge in [0.1, 0.15) is 0 Å². The van der Waals surface area contributed by atoms with Crippen molar-refractivity contribution in [2.45, 2.75) is 26.4 Å². The summed E-state index contributed by atoms with van der Waals surface area (Å²) in [6.45, 7) is 4.14. The Bertz CT molecular complexity index is 343. The molecule has 157 valence electrons. The molecule has 0 aromatic carbocycles. The molecule has 5 nitrogen and oxygen atoms in total. The third kappa shape index (κ3) is 19.7. The summed E-state index contributed by atoms with van der Waals surface area (Å²) in [5.74, 6) is 0.108. The molecule has 26 heavy (non-hydrogen) atoms. The topological polar surface area (TPSA) is 67.2 Å². The summed E-state index contributed by atoms with van der Waals surface area (Å²) in [6, 6.07) is 0. The van der Waals surface area contributed by atoms with Gasteiger partial charge in [-0.3, -0.25) is 0 Å². The van der Waals surface area contributed by atoms with Gasteiger partial charge in [0.15, 0.2) is 0 Å². The Balaban J connectivity index is -0.000000142. The van der Waals surface area contributed by atoms with E-state index in [1.807, 2.05) is 7.05 Å². The van der Waals surface area contributed by atoms with Gasteiger partial charge in [-0.25, -0.2) is 0 Å². The normalized spacial score (nSPS) is 22.9. The third-order valence-electron chi connectivity index (χ3n) is 3.87. The van der Waals surface area contributed by atoms with Gasteiger partial charge >= 0.3 is 64.9 Å². The molecule has 0 saturated carbocycles. The Kier molecular flexibility index (Phi) is 30.4. The first-order chi connectivity index (χ1) is 10.8. The average molecular weight is 746 g/mol. The van der Waals surface area contributed by atoms with Crippen LogP contribution in [0, 0.1) is 13.3 Å². The van der Waals surface area contributed by atoms with E-state index in [4.69, 9.17) is 10.2 Å². The first-order valence-electron chi connectivity index (χ1n) is 7.52. The predicted octanol–water partition coefficient (Wildman–Crippen LogP) is 2.89. The van der Waals surface area contributed by atoms with E-state index in [-0.39, 0.29) is 53.4 Å². The number of aliphatic hydroxyl groups is 3. The summed E-state index contributed by atoms with van der Waals surface area (Å²) in [4.78, 5) is 4.04. The van der Waals surface area contributed by atoms with Crippen LogP contribution in [0.2, 0.25) is 0 Å². The molecule has 2 atom stereocenters. The molecule has 10 heteroatoms. The molecule has 0 amide bonds. The SMILES string of the molecule is C.CN1CC=C(CO)CC1.CN1CC[C@H](CO)[C@H](O)C1.[B].[CH3-].[I][V]([I])[I]. The summed E-state index contributed by atoms with van der Waals surface area (Å²) in [5, 5.41) is 26.8. The maximum atomic E-state index is 9.34. The zero-order valence-electron chi connectivity index (χ0n) is 15.3. The molecule has 0 aromatic heterocycles. The number of likely N-dealkylation sites (tertiary alicyclic amines) is 1. The van der Waals surface area contributed by atoms with Gasteiger partial charge in [0, 0.05) is 40.6 Å². The monoisotopic (exact) mass is 746 g/mol. The van der Waals surface area contributed by atoms with E-state index in [1.54, 1.807) is 0 Å². The van der Waals surface area contributed by atoms with Gasteiger partial charge in [0.05, 0.1) is 12.7 Å². The van der Waals surface area contributed by atoms with Crippen molar-refractivity contribution in [3.8, 4) is 0 Å². The number of nitrogens with zero attached hydrogens (tertiary/aromatic N) is 2. The number of rotatable bonds is 2. The van der Waals surface area contributed by atoms with Crippen molar-refractivity contribution in [1.82, 2.24) is 9.80 Å². The zero-order chi connectivity index (χ0) is 17.8. The van der Waals surface area contributed by atoms with Crippen LogP contribution < -0.4 is 0 Å². The van der Waals surface area contributed by atoms with Crippen LogP contribution in [0.5, 0.6) is 0 Å². The first kappa shape index (κ1) is 35.8. The van der Waals surface area contributed by atoms with Crippen LogP contribution in [0.3, 0.4) is 0 Å². The molecule has 0 aromatic rings. The second-order valence-corrected chi connectivity index (χ2v) is 41.2. The van der Waals surface area contributed by atoms with E-state index in [1.165, 1.54) is 5.57 Å². The van der Waals surface area contributed by atoms with E-state index in [0.29, 0.717) is 6.54 Å². The van der Waals surface area contributed by atoms with Crippen LogP contribution in [-0.4, -0.2) is 93.1 Å². The molecule has 1 fully saturated rings.